The zero-order valence-electron chi connectivity index (χ0n) is 13.8. The van der Waals surface area contributed by atoms with Gasteiger partial charge in [0.1, 0.15) is 5.82 Å². The highest BCUT2D eigenvalue weighted by Gasteiger charge is 2.25. The van der Waals surface area contributed by atoms with E-state index in [2.05, 4.69) is 5.32 Å². The molecule has 1 heterocycles. The lowest BCUT2D eigenvalue weighted by molar-refractivity contribution is -0.384. The van der Waals surface area contributed by atoms with E-state index in [4.69, 9.17) is 11.6 Å². The molecule has 1 amide bonds. The van der Waals surface area contributed by atoms with E-state index in [9.17, 15) is 19.3 Å². The molecule has 0 aliphatic carbocycles. The van der Waals surface area contributed by atoms with Crippen molar-refractivity contribution in [1.29, 1.82) is 0 Å². The van der Waals surface area contributed by atoms with Crippen LogP contribution in [0.1, 0.15) is 23.2 Å². The molecule has 2 aromatic rings. The Morgan fingerprint density at radius 3 is 2.54 bits per heavy atom. The summed E-state index contributed by atoms with van der Waals surface area (Å²) < 4.78 is 13.8. The summed E-state index contributed by atoms with van der Waals surface area (Å²) in [6.45, 7) is 0.991. The molecule has 0 unspecified atom stereocenters. The summed E-state index contributed by atoms with van der Waals surface area (Å²) in [5.41, 5.74) is 0.638. The molecule has 1 fully saturated rings. The Balaban J connectivity index is 1.60. The molecule has 3 rings (SSSR count). The van der Waals surface area contributed by atoms with E-state index in [0.29, 0.717) is 31.6 Å². The standard InChI is InChI=1S/C18H17ClFN3O3/c19-15-11-13(23(25)26)5-6-17(15)21-12-7-9-22(10-8-12)18(24)14-3-1-2-4-16(14)20/h1-6,11-12,21H,7-10H2. The average molecular weight is 378 g/mol. The monoisotopic (exact) mass is 377 g/mol. The van der Waals surface area contributed by atoms with Crippen molar-refractivity contribution in [3.05, 3.63) is 69.0 Å². The van der Waals surface area contributed by atoms with Crippen molar-refractivity contribution in [3.8, 4) is 0 Å². The van der Waals surface area contributed by atoms with E-state index in [1.807, 2.05) is 0 Å². The Morgan fingerprint density at radius 2 is 1.92 bits per heavy atom. The van der Waals surface area contributed by atoms with Gasteiger partial charge in [0.2, 0.25) is 0 Å². The molecule has 0 atom stereocenters. The first-order valence-electron chi connectivity index (χ1n) is 8.20. The number of halogens is 2. The molecule has 0 aromatic heterocycles. The number of carbonyl (C=O) groups excluding carboxylic acids is 1. The lowest BCUT2D eigenvalue weighted by Gasteiger charge is -2.33. The predicted octanol–water partition coefficient (Wildman–Crippen LogP) is 4.10. The second-order valence-electron chi connectivity index (χ2n) is 6.11. The Morgan fingerprint density at radius 1 is 1.23 bits per heavy atom. The molecule has 1 aliphatic heterocycles. The SMILES string of the molecule is O=C(c1ccccc1F)N1CCC(Nc2ccc([N+](=O)[O-])cc2Cl)CC1. The first kappa shape index (κ1) is 18.1. The summed E-state index contributed by atoms with van der Waals surface area (Å²) in [6, 6.07) is 10.3. The molecule has 1 aliphatic rings. The lowest BCUT2D eigenvalue weighted by Crippen LogP contribution is -2.42. The predicted molar refractivity (Wildman–Crippen MR) is 97.1 cm³/mol. The van der Waals surface area contributed by atoms with Gasteiger partial charge in [-0.3, -0.25) is 14.9 Å². The third-order valence-electron chi connectivity index (χ3n) is 4.41. The lowest BCUT2D eigenvalue weighted by atomic mass is 10.0. The molecule has 0 saturated carbocycles. The zero-order valence-corrected chi connectivity index (χ0v) is 14.6. The van der Waals surface area contributed by atoms with Crippen LogP contribution in [0.5, 0.6) is 0 Å². The molecule has 8 heteroatoms. The van der Waals surface area contributed by atoms with Crippen molar-refractivity contribution in [2.45, 2.75) is 18.9 Å². The molecular weight excluding hydrogens is 361 g/mol. The minimum atomic E-state index is -0.518. The molecule has 2 aromatic carbocycles. The molecular formula is C18H17ClFN3O3. The molecule has 1 N–H and O–H groups in total. The van der Waals surface area contributed by atoms with Crippen molar-refractivity contribution in [2.24, 2.45) is 0 Å². The highest BCUT2D eigenvalue weighted by atomic mass is 35.5. The van der Waals surface area contributed by atoms with E-state index in [1.165, 1.54) is 24.3 Å². The molecule has 0 radical (unpaired) electrons. The number of nitro benzene ring substituents is 1. The quantitative estimate of drug-likeness (QED) is 0.642. The molecule has 0 spiro atoms. The van der Waals surface area contributed by atoms with Gasteiger partial charge in [0.15, 0.2) is 0 Å². The number of amides is 1. The van der Waals surface area contributed by atoms with Crippen molar-refractivity contribution in [1.82, 2.24) is 4.90 Å². The highest BCUT2D eigenvalue weighted by Crippen LogP contribution is 2.28. The van der Waals surface area contributed by atoms with Crippen LogP contribution in [0, 0.1) is 15.9 Å². The van der Waals surface area contributed by atoms with Crippen LogP contribution in [-0.4, -0.2) is 34.9 Å². The largest absolute Gasteiger partial charge is 0.381 e. The summed E-state index contributed by atoms with van der Waals surface area (Å²) in [5.74, 6) is -0.828. The number of benzene rings is 2. The van der Waals surface area contributed by atoms with Crippen molar-refractivity contribution in [2.75, 3.05) is 18.4 Å². The number of hydrogen-bond acceptors (Lipinski definition) is 4. The van der Waals surface area contributed by atoms with E-state index in [0.717, 1.165) is 0 Å². The molecule has 136 valence electrons. The first-order chi connectivity index (χ1) is 12.5. The maximum Gasteiger partial charge on any atom is 0.271 e. The number of nitrogens with zero attached hydrogens (tertiary/aromatic N) is 2. The Bertz CT molecular complexity index is 838. The smallest absolute Gasteiger partial charge is 0.271 e. The van der Waals surface area contributed by atoms with Gasteiger partial charge in [0.25, 0.3) is 11.6 Å². The van der Waals surface area contributed by atoms with Crippen LogP contribution in [0.15, 0.2) is 42.5 Å². The fourth-order valence-electron chi connectivity index (χ4n) is 2.99. The molecule has 1 saturated heterocycles. The second-order valence-corrected chi connectivity index (χ2v) is 6.52. The molecule has 6 nitrogen and oxygen atoms in total. The van der Waals surface area contributed by atoms with Crippen molar-refractivity contribution >= 4 is 28.9 Å². The van der Waals surface area contributed by atoms with Gasteiger partial charge in [-0.05, 0) is 31.0 Å². The average Bonchev–Trinajstić information content (AvgIpc) is 2.63. The first-order valence-corrected chi connectivity index (χ1v) is 8.58. The summed E-state index contributed by atoms with van der Waals surface area (Å²) in [5, 5.41) is 14.3. The van der Waals surface area contributed by atoms with Crippen LogP contribution in [0.2, 0.25) is 5.02 Å². The van der Waals surface area contributed by atoms with Gasteiger partial charge in [0.05, 0.1) is 21.2 Å². The number of rotatable bonds is 4. The van der Waals surface area contributed by atoms with Gasteiger partial charge in [-0.2, -0.15) is 0 Å². The minimum absolute atomic E-state index is 0.0640. The zero-order chi connectivity index (χ0) is 18.7. The third kappa shape index (κ3) is 3.94. The number of carbonyl (C=O) groups is 1. The Labute approximate surface area is 154 Å². The van der Waals surface area contributed by atoms with Crippen LogP contribution in [0.4, 0.5) is 15.8 Å². The van der Waals surface area contributed by atoms with Crippen molar-refractivity contribution in [3.63, 3.8) is 0 Å². The third-order valence-corrected chi connectivity index (χ3v) is 4.72. The topological polar surface area (TPSA) is 75.5 Å². The van der Waals surface area contributed by atoms with Crippen LogP contribution in [-0.2, 0) is 0 Å². The summed E-state index contributed by atoms with van der Waals surface area (Å²) in [6.07, 6.45) is 1.35. The summed E-state index contributed by atoms with van der Waals surface area (Å²) in [7, 11) is 0. The van der Waals surface area contributed by atoms with Gasteiger partial charge in [-0.1, -0.05) is 23.7 Å². The minimum Gasteiger partial charge on any atom is -0.381 e. The number of non-ortho nitro benzene ring substituents is 1. The van der Waals surface area contributed by atoms with E-state index < -0.39 is 10.7 Å². The Kier molecular flexibility index (Phi) is 5.37. The second kappa shape index (κ2) is 7.70. The normalized spacial score (nSPS) is 14.9. The maximum atomic E-state index is 13.8. The van der Waals surface area contributed by atoms with Gasteiger partial charge in [-0.15, -0.1) is 0 Å². The van der Waals surface area contributed by atoms with Crippen molar-refractivity contribution < 1.29 is 14.1 Å². The number of piperidine rings is 1. The molecule has 0 bridgehead atoms. The fourth-order valence-corrected chi connectivity index (χ4v) is 3.22. The van der Waals surface area contributed by atoms with Gasteiger partial charge in [-0.25, -0.2) is 4.39 Å². The highest BCUT2D eigenvalue weighted by molar-refractivity contribution is 6.33. The van der Waals surface area contributed by atoms with Gasteiger partial charge in [0, 0.05) is 31.3 Å². The fraction of sp³-hybridized carbons (Fsp3) is 0.278. The van der Waals surface area contributed by atoms with Crippen LogP contribution in [0.3, 0.4) is 0 Å². The maximum absolute atomic E-state index is 13.8. The van der Waals surface area contributed by atoms with Crippen LogP contribution >= 0.6 is 11.6 Å². The number of anilines is 1. The molecule has 26 heavy (non-hydrogen) atoms. The number of nitro groups is 1. The van der Waals surface area contributed by atoms with Crippen LogP contribution < -0.4 is 5.32 Å². The summed E-state index contributed by atoms with van der Waals surface area (Å²) >= 11 is 6.10. The summed E-state index contributed by atoms with van der Waals surface area (Å²) in [4.78, 5) is 24.3. The van der Waals surface area contributed by atoms with Gasteiger partial charge < -0.3 is 10.2 Å². The number of nitrogens with one attached hydrogen (secondary N) is 1. The van der Waals surface area contributed by atoms with E-state index in [1.54, 1.807) is 23.1 Å². The van der Waals surface area contributed by atoms with E-state index in [-0.39, 0.29) is 28.2 Å². The number of hydrogen-bond donors (Lipinski definition) is 1. The van der Waals surface area contributed by atoms with E-state index >= 15 is 0 Å². The van der Waals surface area contributed by atoms with Gasteiger partial charge >= 0.3 is 0 Å². The number of likely N-dealkylation sites (tertiary alicyclic amines) is 1. The Hall–Kier alpha value is -2.67. The van der Waals surface area contributed by atoms with Crippen LogP contribution in [0.25, 0.3) is 0 Å².